The summed E-state index contributed by atoms with van der Waals surface area (Å²) < 4.78 is 29.3. The molecule has 19 heavy (non-hydrogen) atoms. The lowest BCUT2D eigenvalue weighted by Gasteiger charge is -2.01. The summed E-state index contributed by atoms with van der Waals surface area (Å²) in [5.74, 6) is -0.769. The van der Waals surface area contributed by atoms with Gasteiger partial charge in [-0.05, 0) is 28.1 Å². The number of sulfonamides is 1. The van der Waals surface area contributed by atoms with Crippen LogP contribution < -0.4 is 10.5 Å². The highest BCUT2D eigenvalue weighted by atomic mass is 79.9. The monoisotopic (exact) mass is 348 g/mol. The van der Waals surface area contributed by atoms with Gasteiger partial charge in [-0.2, -0.15) is 5.10 Å². The van der Waals surface area contributed by atoms with Crippen LogP contribution in [-0.2, 0) is 17.1 Å². The van der Waals surface area contributed by atoms with Crippen molar-refractivity contribution in [3.05, 3.63) is 28.8 Å². The van der Waals surface area contributed by atoms with Crippen LogP contribution in [-0.4, -0.2) is 24.1 Å². The van der Waals surface area contributed by atoms with E-state index in [0.717, 1.165) is 0 Å². The summed E-state index contributed by atoms with van der Waals surface area (Å²) in [6.07, 6.45) is 1.20. The second-order valence-corrected chi connectivity index (χ2v) is 5.93. The smallest absolute Gasteiger partial charge is 0.292 e. The molecule has 0 atom stereocenters. The average Bonchev–Trinajstić information content (AvgIpc) is 2.84. The summed E-state index contributed by atoms with van der Waals surface area (Å²) in [7, 11) is -2.47. The van der Waals surface area contributed by atoms with Gasteiger partial charge < -0.3 is 9.73 Å². The Hall–Kier alpha value is -1.65. The van der Waals surface area contributed by atoms with Crippen LogP contribution in [0, 0.1) is 0 Å². The Bertz CT molecular complexity index is 733. The van der Waals surface area contributed by atoms with E-state index in [1.165, 1.54) is 30.1 Å². The van der Waals surface area contributed by atoms with Crippen molar-refractivity contribution >= 4 is 37.7 Å². The molecule has 0 bridgehead atoms. The Morgan fingerprint density at radius 3 is 2.74 bits per heavy atom. The fourth-order valence-corrected chi connectivity index (χ4v) is 2.33. The maximum atomic E-state index is 11.8. The second kappa shape index (κ2) is 4.79. The van der Waals surface area contributed by atoms with Gasteiger partial charge in [0, 0.05) is 13.2 Å². The van der Waals surface area contributed by atoms with E-state index in [0.29, 0.717) is 4.67 Å². The summed E-state index contributed by atoms with van der Waals surface area (Å²) in [6.45, 7) is 0. The number of nitrogens with one attached hydrogen (secondary N) is 1. The SMILES string of the molecule is Cn1cc(S(N)(=O)=O)c(NC(=O)c2ccc(Br)o2)n1. The van der Waals surface area contributed by atoms with Crippen molar-refractivity contribution in [3.63, 3.8) is 0 Å². The van der Waals surface area contributed by atoms with Gasteiger partial charge in [0.15, 0.2) is 16.2 Å². The Labute approximate surface area is 116 Å². The van der Waals surface area contributed by atoms with Crippen molar-refractivity contribution in [2.24, 2.45) is 12.2 Å². The molecule has 0 fully saturated rings. The zero-order valence-corrected chi connectivity index (χ0v) is 12.0. The number of amides is 1. The minimum Gasteiger partial charge on any atom is -0.444 e. The lowest BCUT2D eigenvalue weighted by Crippen LogP contribution is -2.17. The van der Waals surface area contributed by atoms with Gasteiger partial charge >= 0.3 is 0 Å². The zero-order valence-electron chi connectivity index (χ0n) is 9.62. The highest BCUT2D eigenvalue weighted by molar-refractivity contribution is 9.10. The van der Waals surface area contributed by atoms with E-state index in [1.807, 2.05) is 0 Å². The van der Waals surface area contributed by atoms with E-state index < -0.39 is 15.9 Å². The third-order valence-electron chi connectivity index (χ3n) is 2.13. The number of primary sulfonamides is 1. The number of aryl methyl sites for hydroxylation is 1. The maximum absolute atomic E-state index is 11.8. The average molecular weight is 349 g/mol. The van der Waals surface area contributed by atoms with Crippen molar-refractivity contribution in [1.29, 1.82) is 0 Å². The van der Waals surface area contributed by atoms with Gasteiger partial charge in [-0.1, -0.05) is 0 Å². The number of carbonyl (C=O) groups excluding carboxylic acids is 1. The van der Waals surface area contributed by atoms with Crippen LogP contribution >= 0.6 is 15.9 Å². The molecule has 0 aliphatic rings. The fourth-order valence-electron chi connectivity index (χ4n) is 1.37. The molecule has 2 aromatic heterocycles. The van der Waals surface area contributed by atoms with E-state index in [2.05, 4.69) is 26.3 Å². The molecule has 0 saturated heterocycles. The molecule has 2 rings (SSSR count). The van der Waals surface area contributed by atoms with Gasteiger partial charge in [0.05, 0.1) is 0 Å². The Kier molecular flexibility index (Phi) is 3.47. The number of rotatable bonds is 3. The van der Waals surface area contributed by atoms with E-state index in [9.17, 15) is 13.2 Å². The fraction of sp³-hybridized carbons (Fsp3) is 0.111. The number of hydrogen-bond acceptors (Lipinski definition) is 5. The van der Waals surface area contributed by atoms with Crippen molar-refractivity contribution in [2.75, 3.05) is 5.32 Å². The minimum atomic E-state index is -3.97. The number of anilines is 1. The highest BCUT2D eigenvalue weighted by Gasteiger charge is 2.21. The Morgan fingerprint density at radius 2 is 2.21 bits per heavy atom. The molecule has 0 aliphatic heterocycles. The topological polar surface area (TPSA) is 120 Å². The third kappa shape index (κ3) is 3.03. The predicted octanol–water partition coefficient (Wildman–Crippen LogP) is 0.675. The van der Waals surface area contributed by atoms with Gasteiger partial charge in [0.1, 0.15) is 4.90 Å². The van der Waals surface area contributed by atoms with Crippen LogP contribution in [0.1, 0.15) is 10.6 Å². The van der Waals surface area contributed by atoms with Crippen molar-refractivity contribution < 1.29 is 17.6 Å². The van der Waals surface area contributed by atoms with E-state index >= 15 is 0 Å². The summed E-state index contributed by atoms with van der Waals surface area (Å²) in [6, 6.07) is 2.97. The van der Waals surface area contributed by atoms with Gasteiger partial charge in [-0.15, -0.1) is 0 Å². The molecule has 8 nitrogen and oxygen atoms in total. The first-order valence-corrected chi connectivity index (χ1v) is 7.24. The normalized spacial score (nSPS) is 11.5. The van der Waals surface area contributed by atoms with Gasteiger partial charge in [-0.3, -0.25) is 9.48 Å². The predicted molar refractivity (Wildman–Crippen MR) is 68.9 cm³/mol. The standard InChI is InChI=1S/C9H9BrN4O4S/c1-14-4-6(19(11,16)17)8(13-14)12-9(15)5-2-3-7(10)18-5/h2-4H,1H3,(H2,11,16,17)(H,12,13,15). The first-order chi connectivity index (χ1) is 8.77. The van der Waals surface area contributed by atoms with Gasteiger partial charge in [-0.25, -0.2) is 13.6 Å². The summed E-state index contributed by atoms with van der Waals surface area (Å²) in [4.78, 5) is 11.5. The molecule has 0 radical (unpaired) electrons. The van der Waals surface area contributed by atoms with Crippen LogP contribution in [0.5, 0.6) is 0 Å². The number of hydrogen-bond donors (Lipinski definition) is 2. The molecule has 0 aliphatic carbocycles. The number of carbonyl (C=O) groups is 1. The minimum absolute atomic E-state index is 0.0119. The molecule has 2 heterocycles. The van der Waals surface area contributed by atoms with Crippen LogP contribution in [0.2, 0.25) is 0 Å². The summed E-state index contributed by atoms with van der Waals surface area (Å²) in [5.41, 5.74) is 0. The summed E-state index contributed by atoms with van der Waals surface area (Å²) in [5, 5.41) is 11.2. The van der Waals surface area contributed by atoms with Crippen LogP contribution in [0.25, 0.3) is 0 Å². The number of aromatic nitrogens is 2. The molecule has 2 aromatic rings. The molecule has 0 spiro atoms. The second-order valence-electron chi connectivity index (χ2n) is 3.62. The van der Waals surface area contributed by atoms with Crippen LogP contribution in [0.15, 0.2) is 32.3 Å². The molecule has 0 saturated carbocycles. The van der Waals surface area contributed by atoms with E-state index in [1.54, 1.807) is 0 Å². The molecule has 3 N–H and O–H groups in total. The Balaban J connectivity index is 2.32. The number of furan rings is 1. The first-order valence-electron chi connectivity index (χ1n) is 4.90. The van der Waals surface area contributed by atoms with Crippen LogP contribution in [0.4, 0.5) is 5.82 Å². The van der Waals surface area contributed by atoms with Crippen molar-refractivity contribution in [1.82, 2.24) is 9.78 Å². The van der Waals surface area contributed by atoms with Gasteiger partial charge in [0.2, 0.25) is 10.0 Å². The Morgan fingerprint density at radius 1 is 1.53 bits per heavy atom. The molecule has 102 valence electrons. The largest absolute Gasteiger partial charge is 0.444 e. The quantitative estimate of drug-likeness (QED) is 0.844. The zero-order chi connectivity index (χ0) is 14.2. The molecular formula is C9H9BrN4O4S. The third-order valence-corrected chi connectivity index (χ3v) is 3.47. The molecule has 1 amide bonds. The van der Waals surface area contributed by atoms with Crippen molar-refractivity contribution in [2.45, 2.75) is 4.90 Å². The van der Waals surface area contributed by atoms with Crippen LogP contribution in [0.3, 0.4) is 0 Å². The lowest BCUT2D eigenvalue weighted by molar-refractivity contribution is 0.0994. The number of halogens is 1. The van der Waals surface area contributed by atoms with Crippen molar-refractivity contribution in [3.8, 4) is 0 Å². The molecule has 10 heteroatoms. The van der Waals surface area contributed by atoms with E-state index in [4.69, 9.17) is 9.56 Å². The molecule has 0 unspecified atom stereocenters. The summed E-state index contributed by atoms with van der Waals surface area (Å²) >= 11 is 3.05. The van der Waals surface area contributed by atoms with Gasteiger partial charge in [0.25, 0.3) is 5.91 Å². The number of nitrogens with zero attached hydrogens (tertiary/aromatic N) is 2. The number of nitrogens with two attached hydrogens (primary N) is 1. The first kappa shape index (κ1) is 13.8. The maximum Gasteiger partial charge on any atom is 0.292 e. The highest BCUT2D eigenvalue weighted by Crippen LogP contribution is 2.19. The van der Waals surface area contributed by atoms with E-state index in [-0.39, 0.29) is 16.5 Å². The molecular weight excluding hydrogens is 340 g/mol. The molecule has 0 aromatic carbocycles. The lowest BCUT2D eigenvalue weighted by atomic mass is 10.4.